The van der Waals surface area contributed by atoms with Crippen LogP contribution in [-0.4, -0.2) is 19.1 Å². The predicted octanol–water partition coefficient (Wildman–Crippen LogP) is 5.40. The number of hydrogen-bond donors (Lipinski definition) is 0. The number of anilines is 1. The molecule has 1 aromatic heterocycles. The van der Waals surface area contributed by atoms with Crippen LogP contribution in [0.25, 0.3) is 0 Å². The average molecular weight is 300 g/mol. The second kappa shape index (κ2) is 9.99. The number of rotatable bonds is 1. The number of pyridine rings is 1. The summed E-state index contributed by atoms with van der Waals surface area (Å²) in [6, 6.07) is 8.36. The van der Waals surface area contributed by atoms with Crippen molar-refractivity contribution in [1.29, 1.82) is 0 Å². The van der Waals surface area contributed by atoms with E-state index in [0.717, 1.165) is 5.69 Å². The third-order valence-electron chi connectivity index (χ3n) is 3.75. The molecule has 0 fully saturated rings. The Morgan fingerprint density at radius 1 is 0.773 bits per heavy atom. The Bertz CT molecular complexity index is 545. The van der Waals surface area contributed by atoms with Crippen molar-refractivity contribution >= 4 is 5.69 Å². The quantitative estimate of drug-likeness (QED) is 0.700. The summed E-state index contributed by atoms with van der Waals surface area (Å²) in [6.07, 6.45) is 1.93. The van der Waals surface area contributed by atoms with Crippen molar-refractivity contribution in [2.24, 2.45) is 0 Å². The summed E-state index contributed by atoms with van der Waals surface area (Å²) in [6.45, 7) is 14.5. The molecule has 0 spiro atoms. The van der Waals surface area contributed by atoms with Crippen molar-refractivity contribution in [2.45, 2.75) is 48.5 Å². The van der Waals surface area contributed by atoms with E-state index in [9.17, 15) is 0 Å². The number of benzene rings is 1. The van der Waals surface area contributed by atoms with Crippen molar-refractivity contribution in [1.82, 2.24) is 4.98 Å². The van der Waals surface area contributed by atoms with E-state index in [2.05, 4.69) is 75.9 Å². The van der Waals surface area contributed by atoms with Crippen molar-refractivity contribution in [2.75, 3.05) is 19.0 Å². The molecular weight excluding hydrogens is 268 g/mol. The molecule has 22 heavy (non-hydrogen) atoms. The smallest absolute Gasteiger partial charge is 0.0404 e. The molecule has 2 heteroatoms. The van der Waals surface area contributed by atoms with Crippen LogP contribution >= 0.6 is 0 Å². The summed E-state index contributed by atoms with van der Waals surface area (Å²) in [7, 11) is 4.12. The van der Waals surface area contributed by atoms with Crippen LogP contribution in [0.15, 0.2) is 30.5 Å². The van der Waals surface area contributed by atoms with Gasteiger partial charge in [0, 0.05) is 31.7 Å². The van der Waals surface area contributed by atoms with Gasteiger partial charge in [-0.3, -0.25) is 4.98 Å². The maximum Gasteiger partial charge on any atom is 0.0404 e. The molecule has 1 heterocycles. The fourth-order valence-corrected chi connectivity index (χ4v) is 2.02. The molecule has 0 aliphatic rings. The van der Waals surface area contributed by atoms with Gasteiger partial charge in [-0.15, -0.1) is 0 Å². The first-order valence-corrected chi connectivity index (χ1v) is 7.97. The van der Waals surface area contributed by atoms with Crippen molar-refractivity contribution in [3.05, 3.63) is 58.4 Å². The minimum Gasteiger partial charge on any atom is -0.377 e. The van der Waals surface area contributed by atoms with Crippen molar-refractivity contribution in [3.63, 3.8) is 0 Å². The lowest BCUT2D eigenvalue weighted by Crippen LogP contribution is -2.09. The van der Waals surface area contributed by atoms with Gasteiger partial charge in [0.05, 0.1) is 0 Å². The fraction of sp³-hybridized carbons (Fsp3) is 0.450. The van der Waals surface area contributed by atoms with E-state index in [4.69, 9.17) is 0 Å². The van der Waals surface area contributed by atoms with E-state index in [0.29, 0.717) is 0 Å². The zero-order valence-electron chi connectivity index (χ0n) is 15.8. The maximum atomic E-state index is 4.24. The lowest BCUT2D eigenvalue weighted by atomic mass is 10.1. The summed E-state index contributed by atoms with van der Waals surface area (Å²) in [5.74, 6) is 0. The molecule has 1 aromatic carbocycles. The van der Waals surface area contributed by atoms with Crippen LogP contribution in [0.1, 0.15) is 41.8 Å². The number of aryl methyl sites for hydroxylation is 3. The first-order chi connectivity index (χ1) is 10.3. The normalized spacial score (nSPS) is 9.14. The molecule has 2 nitrogen and oxygen atoms in total. The van der Waals surface area contributed by atoms with Gasteiger partial charge in [0.15, 0.2) is 0 Å². The van der Waals surface area contributed by atoms with Crippen LogP contribution in [0.3, 0.4) is 0 Å². The standard InChI is InChI=1S/2C9H13N.C2H6/c1-6-5-10-9(4)8(3)7(6)2;1-8-6-4-5-7-9(8)10(2)3;1-2/h5H,1-4H3;4-7H,1-3H3;1-2H3. The van der Waals surface area contributed by atoms with Crippen LogP contribution in [0.4, 0.5) is 5.69 Å². The second-order valence-electron chi connectivity index (χ2n) is 5.46. The van der Waals surface area contributed by atoms with Gasteiger partial charge in [-0.05, 0) is 62.9 Å². The molecule has 2 rings (SSSR count). The zero-order chi connectivity index (χ0) is 17.3. The molecule has 0 N–H and O–H groups in total. The molecule has 0 atom stereocenters. The van der Waals surface area contributed by atoms with Gasteiger partial charge in [0.1, 0.15) is 0 Å². The molecular formula is C20H32N2. The highest BCUT2D eigenvalue weighted by molar-refractivity contribution is 5.51. The molecule has 0 bridgehead atoms. The Labute approximate surface area is 137 Å². The highest BCUT2D eigenvalue weighted by atomic mass is 15.1. The Morgan fingerprint density at radius 2 is 1.32 bits per heavy atom. The summed E-state index contributed by atoms with van der Waals surface area (Å²) in [5.41, 5.74) is 7.73. The highest BCUT2D eigenvalue weighted by Gasteiger charge is 1.99. The minimum atomic E-state index is 1.14. The second-order valence-corrected chi connectivity index (χ2v) is 5.46. The summed E-state index contributed by atoms with van der Waals surface area (Å²) >= 11 is 0. The summed E-state index contributed by atoms with van der Waals surface area (Å²) < 4.78 is 0. The van der Waals surface area contributed by atoms with Gasteiger partial charge in [-0.2, -0.15) is 0 Å². The Hall–Kier alpha value is -1.83. The van der Waals surface area contributed by atoms with E-state index in [1.54, 1.807) is 0 Å². The first-order valence-electron chi connectivity index (χ1n) is 7.97. The van der Waals surface area contributed by atoms with Gasteiger partial charge >= 0.3 is 0 Å². The van der Waals surface area contributed by atoms with E-state index in [-0.39, 0.29) is 0 Å². The van der Waals surface area contributed by atoms with Crippen LogP contribution in [0.2, 0.25) is 0 Å². The Kier molecular flexibility index (Phi) is 9.16. The Morgan fingerprint density at radius 3 is 1.73 bits per heavy atom. The van der Waals surface area contributed by atoms with Gasteiger partial charge < -0.3 is 4.90 Å². The third-order valence-corrected chi connectivity index (χ3v) is 3.75. The van der Waals surface area contributed by atoms with Crippen molar-refractivity contribution < 1.29 is 0 Å². The highest BCUT2D eigenvalue weighted by Crippen LogP contribution is 2.15. The van der Waals surface area contributed by atoms with E-state index < -0.39 is 0 Å². The van der Waals surface area contributed by atoms with Crippen LogP contribution in [0, 0.1) is 34.6 Å². The molecule has 0 radical (unpaired) electrons. The molecule has 0 saturated heterocycles. The fourth-order valence-electron chi connectivity index (χ4n) is 2.02. The third kappa shape index (κ3) is 5.88. The largest absolute Gasteiger partial charge is 0.377 e. The average Bonchev–Trinajstić information content (AvgIpc) is 2.52. The Balaban J connectivity index is 0.000000360. The molecule has 0 amide bonds. The molecule has 122 valence electrons. The van der Waals surface area contributed by atoms with Crippen LogP contribution < -0.4 is 4.90 Å². The lowest BCUT2D eigenvalue weighted by molar-refractivity contribution is 1.09. The van der Waals surface area contributed by atoms with Gasteiger partial charge in [-0.25, -0.2) is 0 Å². The summed E-state index contributed by atoms with van der Waals surface area (Å²) in [5, 5.41) is 0. The monoisotopic (exact) mass is 300 g/mol. The van der Waals surface area contributed by atoms with Gasteiger partial charge in [-0.1, -0.05) is 32.0 Å². The lowest BCUT2D eigenvalue weighted by Gasteiger charge is -2.14. The molecule has 0 unspecified atom stereocenters. The zero-order valence-corrected chi connectivity index (χ0v) is 15.8. The molecule has 0 aliphatic heterocycles. The minimum absolute atomic E-state index is 1.14. The van der Waals surface area contributed by atoms with E-state index >= 15 is 0 Å². The van der Waals surface area contributed by atoms with Gasteiger partial charge in [0.2, 0.25) is 0 Å². The SMILES string of the molecule is CC.Cc1ccccc1N(C)C.Cc1cnc(C)c(C)c1C. The first kappa shape index (κ1) is 20.2. The topological polar surface area (TPSA) is 16.1 Å². The number of nitrogens with zero attached hydrogens (tertiary/aromatic N) is 2. The number of para-hydroxylation sites is 1. The number of aromatic nitrogens is 1. The summed E-state index contributed by atoms with van der Waals surface area (Å²) in [4.78, 5) is 6.36. The van der Waals surface area contributed by atoms with Crippen LogP contribution in [-0.2, 0) is 0 Å². The van der Waals surface area contributed by atoms with E-state index in [1.165, 1.54) is 27.9 Å². The molecule has 0 saturated carbocycles. The maximum absolute atomic E-state index is 4.24. The number of hydrogen-bond acceptors (Lipinski definition) is 2. The van der Waals surface area contributed by atoms with Crippen molar-refractivity contribution in [3.8, 4) is 0 Å². The predicted molar refractivity (Wildman–Crippen MR) is 100 cm³/mol. The molecule has 2 aromatic rings. The van der Waals surface area contributed by atoms with Gasteiger partial charge in [0.25, 0.3) is 0 Å². The molecule has 0 aliphatic carbocycles. The van der Waals surface area contributed by atoms with E-state index in [1.807, 2.05) is 27.0 Å². The van der Waals surface area contributed by atoms with Crippen LogP contribution in [0.5, 0.6) is 0 Å².